The van der Waals surface area contributed by atoms with Gasteiger partial charge in [0.15, 0.2) is 11.6 Å². The highest BCUT2D eigenvalue weighted by molar-refractivity contribution is 6.28. The maximum absolute atomic E-state index is 12.0. The Bertz CT molecular complexity index is 849. The predicted molar refractivity (Wildman–Crippen MR) is 104 cm³/mol. The van der Waals surface area contributed by atoms with Gasteiger partial charge in [-0.15, -0.1) is 0 Å². The average Bonchev–Trinajstić information content (AvgIpc) is 2.79. The molecule has 29 heavy (non-hydrogen) atoms. The topological polar surface area (TPSA) is 105 Å². The largest absolute Gasteiger partial charge is 0.488 e. The Hall–Kier alpha value is -2.23. The Morgan fingerprint density at radius 1 is 1.21 bits per heavy atom. The van der Waals surface area contributed by atoms with Crippen molar-refractivity contribution in [3.63, 3.8) is 0 Å². The van der Waals surface area contributed by atoms with Crippen molar-refractivity contribution in [2.24, 2.45) is 5.92 Å². The van der Waals surface area contributed by atoms with Crippen LogP contribution in [0.3, 0.4) is 0 Å². The Balaban J connectivity index is 0.000000177. The molecular weight excluding hydrogens is 409 g/mol. The maximum Gasteiger partial charge on any atom is 0.421 e. The van der Waals surface area contributed by atoms with Crippen molar-refractivity contribution in [2.75, 3.05) is 18.1 Å². The second-order valence-electron chi connectivity index (χ2n) is 7.37. The first-order valence-electron chi connectivity index (χ1n) is 9.49. The molecule has 0 atom stereocenters. The molecule has 160 valence electrons. The minimum Gasteiger partial charge on any atom is -0.488 e. The summed E-state index contributed by atoms with van der Waals surface area (Å²) in [6, 6.07) is 0.509. The summed E-state index contributed by atoms with van der Waals surface area (Å²) in [5, 5.41) is 4.22. The second kappa shape index (κ2) is 8.64. The van der Waals surface area contributed by atoms with Gasteiger partial charge in [0, 0.05) is 6.20 Å². The number of hydrogen-bond acceptors (Lipinski definition) is 6. The SMILES string of the molecule is Cc1nn(C2CCC2)c(N)c1OCC1CCC1.Nc1nc(Cl)ncc1C(F)(F)F. The lowest BCUT2D eigenvalue weighted by Crippen LogP contribution is -2.21. The molecule has 2 aromatic rings. The minimum atomic E-state index is -4.53. The van der Waals surface area contributed by atoms with Gasteiger partial charge in [-0.1, -0.05) is 6.42 Å². The molecule has 0 aromatic carbocycles. The highest BCUT2D eigenvalue weighted by Gasteiger charge is 2.34. The molecule has 0 saturated heterocycles. The molecule has 7 nitrogen and oxygen atoms in total. The van der Waals surface area contributed by atoms with Crippen molar-refractivity contribution in [3.8, 4) is 5.75 Å². The van der Waals surface area contributed by atoms with Crippen molar-refractivity contribution < 1.29 is 17.9 Å². The fourth-order valence-corrected chi connectivity index (χ4v) is 3.23. The van der Waals surface area contributed by atoms with Gasteiger partial charge in [-0.2, -0.15) is 18.3 Å². The molecule has 11 heteroatoms. The molecule has 0 amide bonds. The number of nitrogens with zero attached hydrogens (tertiary/aromatic N) is 4. The molecule has 0 aliphatic heterocycles. The van der Waals surface area contributed by atoms with E-state index in [9.17, 15) is 13.2 Å². The normalized spacial score (nSPS) is 17.1. The number of rotatable bonds is 4. The molecule has 0 radical (unpaired) electrons. The van der Waals surface area contributed by atoms with Crippen LogP contribution in [0.2, 0.25) is 5.28 Å². The van der Waals surface area contributed by atoms with Crippen LogP contribution in [0, 0.1) is 12.8 Å². The quantitative estimate of drug-likeness (QED) is 0.693. The van der Waals surface area contributed by atoms with Crippen LogP contribution in [0.25, 0.3) is 0 Å². The number of aryl methyl sites for hydroxylation is 1. The number of hydrogen-bond donors (Lipinski definition) is 2. The van der Waals surface area contributed by atoms with Crippen molar-refractivity contribution in [1.82, 2.24) is 19.7 Å². The summed E-state index contributed by atoms with van der Waals surface area (Å²) >= 11 is 5.20. The highest BCUT2D eigenvalue weighted by atomic mass is 35.5. The first-order chi connectivity index (χ1) is 13.7. The van der Waals surface area contributed by atoms with E-state index < -0.39 is 17.6 Å². The minimum absolute atomic E-state index is 0.305. The smallest absolute Gasteiger partial charge is 0.421 e. The number of anilines is 2. The van der Waals surface area contributed by atoms with Crippen LogP contribution in [-0.2, 0) is 6.18 Å². The number of nitrogen functional groups attached to an aromatic ring is 2. The predicted octanol–water partition coefficient (Wildman–Crippen LogP) is 4.41. The molecule has 4 N–H and O–H groups in total. The van der Waals surface area contributed by atoms with Gasteiger partial charge in [-0.3, -0.25) is 0 Å². The number of alkyl halides is 3. The van der Waals surface area contributed by atoms with Gasteiger partial charge in [-0.05, 0) is 56.5 Å². The molecule has 2 heterocycles. The van der Waals surface area contributed by atoms with Gasteiger partial charge < -0.3 is 16.2 Å². The van der Waals surface area contributed by atoms with E-state index in [2.05, 4.69) is 15.1 Å². The Morgan fingerprint density at radius 3 is 2.34 bits per heavy atom. The average molecular weight is 433 g/mol. The van der Waals surface area contributed by atoms with E-state index >= 15 is 0 Å². The van der Waals surface area contributed by atoms with Gasteiger partial charge in [0.2, 0.25) is 5.28 Å². The molecule has 4 rings (SSSR count). The van der Waals surface area contributed by atoms with E-state index in [0.29, 0.717) is 12.2 Å². The maximum atomic E-state index is 12.0. The Labute approximate surface area is 171 Å². The fourth-order valence-electron chi connectivity index (χ4n) is 3.09. The number of aromatic nitrogens is 4. The lowest BCUT2D eigenvalue weighted by Gasteiger charge is -2.27. The molecule has 2 aliphatic carbocycles. The molecule has 0 spiro atoms. The van der Waals surface area contributed by atoms with E-state index in [-0.39, 0.29) is 5.28 Å². The standard InChI is InChI=1S/C13H21N3O.C5H3ClF3N3/c1-9-12(17-8-10-4-2-5-10)13(14)16(15-9)11-6-3-7-11;6-4-11-1-2(3(10)12-4)5(7,8)9/h10-11H,2-8,14H2,1H3;1H,(H2,10,11,12). The lowest BCUT2D eigenvalue weighted by atomic mass is 9.86. The summed E-state index contributed by atoms with van der Waals surface area (Å²) in [4.78, 5) is 6.31. The summed E-state index contributed by atoms with van der Waals surface area (Å²) in [5.41, 5.74) is 10.9. The summed E-state index contributed by atoms with van der Waals surface area (Å²) in [7, 11) is 0. The van der Waals surface area contributed by atoms with E-state index in [1.165, 1.54) is 38.5 Å². The summed E-state index contributed by atoms with van der Waals surface area (Å²) < 4.78 is 43.8. The zero-order chi connectivity index (χ0) is 21.2. The molecule has 0 unspecified atom stereocenters. The molecular formula is C18H24ClF3N6O. The third kappa shape index (κ3) is 5.04. The van der Waals surface area contributed by atoms with Gasteiger partial charge in [0.1, 0.15) is 17.1 Å². The molecule has 0 bridgehead atoms. The van der Waals surface area contributed by atoms with Gasteiger partial charge in [0.05, 0.1) is 12.6 Å². The zero-order valence-electron chi connectivity index (χ0n) is 16.0. The van der Waals surface area contributed by atoms with E-state index in [4.69, 9.17) is 27.8 Å². The summed E-state index contributed by atoms with van der Waals surface area (Å²) in [6.45, 7) is 2.79. The van der Waals surface area contributed by atoms with Crippen LogP contribution in [0.5, 0.6) is 5.75 Å². The number of ether oxygens (including phenoxy) is 1. The van der Waals surface area contributed by atoms with Crippen LogP contribution < -0.4 is 16.2 Å². The van der Waals surface area contributed by atoms with Crippen molar-refractivity contribution in [3.05, 3.63) is 22.7 Å². The first-order valence-corrected chi connectivity index (χ1v) is 9.87. The summed E-state index contributed by atoms with van der Waals surface area (Å²) in [6.07, 6.45) is 3.66. The molecule has 2 aliphatic rings. The van der Waals surface area contributed by atoms with Gasteiger partial charge in [0.25, 0.3) is 0 Å². The van der Waals surface area contributed by atoms with Crippen LogP contribution in [0.15, 0.2) is 6.20 Å². The third-order valence-electron chi connectivity index (χ3n) is 5.27. The third-order valence-corrected chi connectivity index (χ3v) is 5.45. The Morgan fingerprint density at radius 2 is 1.86 bits per heavy atom. The first kappa shape index (κ1) is 21.5. The Kier molecular flexibility index (Phi) is 6.40. The van der Waals surface area contributed by atoms with E-state index in [1.807, 2.05) is 11.6 Å². The summed E-state index contributed by atoms with van der Waals surface area (Å²) in [5.74, 6) is 1.62. The van der Waals surface area contributed by atoms with Crippen molar-refractivity contribution in [2.45, 2.75) is 57.7 Å². The number of nitrogens with two attached hydrogens (primary N) is 2. The highest BCUT2D eigenvalue weighted by Crippen LogP contribution is 2.38. The van der Waals surface area contributed by atoms with Crippen molar-refractivity contribution >= 4 is 23.2 Å². The van der Waals surface area contributed by atoms with Crippen LogP contribution in [-0.4, -0.2) is 26.4 Å². The van der Waals surface area contributed by atoms with Crippen LogP contribution in [0.4, 0.5) is 24.8 Å². The monoisotopic (exact) mass is 432 g/mol. The molecule has 2 saturated carbocycles. The van der Waals surface area contributed by atoms with Gasteiger partial charge in [-0.25, -0.2) is 14.6 Å². The van der Waals surface area contributed by atoms with Crippen molar-refractivity contribution in [1.29, 1.82) is 0 Å². The van der Waals surface area contributed by atoms with E-state index in [1.54, 1.807) is 0 Å². The fraction of sp³-hybridized carbons (Fsp3) is 0.611. The van der Waals surface area contributed by atoms with Crippen LogP contribution in [0.1, 0.15) is 55.8 Å². The molecule has 2 fully saturated rings. The second-order valence-corrected chi connectivity index (χ2v) is 7.71. The zero-order valence-corrected chi connectivity index (χ0v) is 16.8. The number of halogens is 4. The van der Waals surface area contributed by atoms with E-state index in [0.717, 1.165) is 29.8 Å². The lowest BCUT2D eigenvalue weighted by molar-refractivity contribution is -0.137. The molecule has 2 aromatic heterocycles. The van der Waals surface area contributed by atoms with Crippen LogP contribution >= 0.6 is 11.6 Å². The van der Waals surface area contributed by atoms with Gasteiger partial charge >= 0.3 is 6.18 Å².